The molecule has 0 aliphatic heterocycles. The van der Waals surface area contributed by atoms with Crippen molar-refractivity contribution >= 4 is 11.5 Å². The number of halogens is 3. The Morgan fingerprint density at radius 3 is 2.50 bits per heavy atom. The molecule has 18 heavy (non-hydrogen) atoms. The molecule has 1 unspecified atom stereocenters. The number of nitrogens with one attached hydrogen (secondary N) is 1. The Hall–Kier alpha value is -1.72. The molecule has 0 spiro atoms. The van der Waals surface area contributed by atoms with Gasteiger partial charge in [-0.15, -0.1) is 0 Å². The zero-order valence-corrected chi connectivity index (χ0v) is 10.3. The van der Waals surface area contributed by atoms with Gasteiger partial charge in [0.1, 0.15) is 11.8 Å². The van der Waals surface area contributed by atoms with Crippen LogP contribution in [0.15, 0.2) is 24.3 Å². The highest BCUT2D eigenvalue weighted by Crippen LogP contribution is 2.28. The Bertz CT molecular complexity index is 429. The largest absolute Gasteiger partial charge is 0.400 e. The van der Waals surface area contributed by atoms with Crippen LogP contribution in [0.1, 0.15) is 5.56 Å². The summed E-state index contributed by atoms with van der Waals surface area (Å²) in [5.41, 5.74) is 6.65. The summed E-state index contributed by atoms with van der Waals surface area (Å²) in [6.07, 6.45) is -4.50. The van der Waals surface area contributed by atoms with Crippen LogP contribution in [0.3, 0.4) is 0 Å². The Morgan fingerprint density at radius 1 is 1.44 bits per heavy atom. The van der Waals surface area contributed by atoms with Crippen LogP contribution in [-0.4, -0.2) is 25.6 Å². The number of hydrogen-bond acceptors (Lipinski definition) is 2. The van der Waals surface area contributed by atoms with Crippen LogP contribution in [0.25, 0.3) is 0 Å². The molecule has 0 fully saturated rings. The Morgan fingerprint density at radius 2 is 2.06 bits per heavy atom. The fraction of sp³-hybridized carbons (Fsp3) is 0.417. The zero-order valence-electron chi connectivity index (χ0n) is 10.3. The predicted molar refractivity (Wildman–Crippen MR) is 65.9 cm³/mol. The molecule has 100 valence electrons. The molecule has 6 heteroatoms. The summed E-state index contributed by atoms with van der Waals surface area (Å²) in [6, 6.07) is 7.15. The molecule has 0 bridgehead atoms. The molecular weight excluding hydrogens is 243 g/mol. The summed E-state index contributed by atoms with van der Waals surface area (Å²) >= 11 is 0. The smallest absolute Gasteiger partial charge is 0.387 e. The van der Waals surface area contributed by atoms with Crippen molar-refractivity contribution in [3.05, 3.63) is 29.8 Å². The van der Waals surface area contributed by atoms with E-state index in [9.17, 15) is 13.2 Å². The maximum absolute atomic E-state index is 12.7. The number of alkyl halides is 3. The molecule has 0 saturated carbocycles. The monoisotopic (exact) mass is 259 g/mol. The van der Waals surface area contributed by atoms with Crippen molar-refractivity contribution in [1.29, 1.82) is 5.41 Å². The summed E-state index contributed by atoms with van der Waals surface area (Å²) in [4.78, 5) is 1.45. The molecule has 0 aliphatic carbocycles. The molecule has 0 amide bonds. The quantitative estimate of drug-likeness (QED) is 0.645. The van der Waals surface area contributed by atoms with Crippen molar-refractivity contribution in [1.82, 2.24) is 0 Å². The van der Waals surface area contributed by atoms with Crippen LogP contribution in [0.2, 0.25) is 0 Å². The first-order chi connectivity index (χ1) is 8.21. The fourth-order valence-electron chi connectivity index (χ4n) is 1.62. The van der Waals surface area contributed by atoms with Crippen LogP contribution in [0.5, 0.6) is 0 Å². The van der Waals surface area contributed by atoms with Gasteiger partial charge in [-0.25, -0.2) is 0 Å². The van der Waals surface area contributed by atoms with Crippen LogP contribution in [0.4, 0.5) is 18.9 Å². The molecule has 3 N–H and O–H groups in total. The number of nitrogens with zero attached hydrogens (tertiary/aromatic N) is 1. The van der Waals surface area contributed by atoms with Crippen molar-refractivity contribution in [2.45, 2.75) is 13.1 Å². The van der Waals surface area contributed by atoms with Crippen LogP contribution in [-0.2, 0) is 0 Å². The SMILES string of the molecule is Cc1cccc(N(C)CC(C(=N)N)C(F)(F)F)c1. The minimum absolute atomic E-state index is 0.359. The number of hydrogen-bond donors (Lipinski definition) is 2. The van der Waals surface area contributed by atoms with Gasteiger partial charge in [0.15, 0.2) is 0 Å². The summed E-state index contributed by atoms with van der Waals surface area (Å²) in [6.45, 7) is 1.51. The Labute approximate surface area is 104 Å². The maximum Gasteiger partial charge on any atom is 0.400 e. The standard InChI is InChI=1S/C12H16F3N3/c1-8-4-3-5-9(6-8)18(2)7-10(11(16)17)12(13,14)15/h3-6,10H,7H2,1-2H3,(H3,16,17). The van der Waals surface area contributed by atoms with Gasteiger partial charge in [0.05, 0.1) is 0 Å². The lowest BCUT2D eigenvalue weighted by Crippen LogP contribution is -2.43. The molecule has 3 nitrogen and oxygen atoms in total. The van der Waals surface area contributed by atoms with Crippen molar-refractivity contribution in [2.75, 3.05) is 18.5 Å². The van der Waals surface area contributed by atoms with E-state index < -0.39 is 17.9 Å². The maximum atomic E-state index is 12.7. The third kappa shape index (κ3) is 3.65. The normalized spacial score (nSPS) is 13.2. The number of amidine groups is 1. The van der Waals surface area contributed by atoms with Gasteiger partial charge in [-0.3, -0.25) is 5.41 Å². The molecule has 0 aliphatic rings. The molecule has 1 aromatic rings. The lowest BCUT2D eigenvalue weighted by Gasteiger charge is -2.26. The van der Waals surface area contributed by atoms with E-state index in [1.54, 1.807) is 25.2 Å². The van der Waals surface area contributed by atoms with E-state index in [2.05, 4.69) is 0 Å². The summed E-state index contributed by atoms with van der Waals surface area (Å²) in [5.74, 6) is -2.80. The van der Waals surface area contributed by atoms with E-state index in [4.69, 9.17) is 11.1 Å². The van der Waals surface area contributed by atoms with Gasteiger partial charge in [-0.2, -0.15) is 13.2 Å². The van der Waals surface area contributed by atoms with E-state index in [-0.39, 0.29) is 6.54 Å². The first kappa shape index (κ1) is 14.3. The Kier molecular flexibility index (Phi) is 4.21. The van der Waals surface area contributed by atoms with E-state index in [1.165, 1.54) is 4.90 Å². The summed E-state index contributed by atoms with van der Waals surface area (Å²) in [7, 11) is 1.55. The van der Waals surface area contributed by atoms with E-state index >= 15 is 0 Å². The summed E-state index contributed by atoms with van der Waals surface area (Å²) in [5, 5.41) is 7.04. The molecule has 1 rings (SSSR count). The van der Waals surface area contributed by atoms with Gasteiger partial charge >= 0.3 is 6.18 Å². The van der Waals surface area contributed by atoms with Crippen molar-refractivity contribution in [2.24, 2.45) is 11.7 Å². The fourth-order valence-corrected chi connectivity index (χ4v) is 1.62. The molecule has 0 aromatic heterocycles. The minimum atomic E-state index is -4.50. The van der Waals surface area contributed by atoms with E-state index in [0.29, 0.717) is 5.69 Å². The van der Waals surface area contributed by atoms with Crippen LogP contribution < -0.4 is 10.6 Å². The lowest BCUT2D eigenvalue weighted by molar-refractivity contribution is -0.153. The average Bonchev–Trinajstić information content (AvgIpc) is 2.23. The van der Waals surface area contributed by atoms with Gasteiger partial charge in [-0.1, -0.05) is 12.1 Å². The molecular formula is C12H16F3N3. The zero-order chi connectivity index (χ0) is 13.9. The van der Waals surface area contributed by atoms with Gasteiger partial charge in [0.25, 0.3) is 0 Å². The summed E-state index contributed by atoms with van der Waals surface area (Å²) < 4.78 is 38.0. The van der Waals surface area contributed by atoms with Crippen molar-refractivity contribution in [3.63, 3.8) is 0 Å². The van der Waals surface area contributed by atoms with Gasteiger partial charge < -0.3 is 10.6 Å². The van der Waals surface area contributed by atoms with Crippen molar-refractivity contribution < 1.29 is 13.2 Å². The van der Waals surface area contributed by atoms with E-state index in [1.807, 2.05) is 13.0 Å². The number of anilines is 1. The van der Waals surface area contributed by atoms with Crippen molar-refractivity contribution in [3.8, 4) is 0 Å². The van der Waals surface area contributed by atoms with Gasteiger partial charge in [-0.05, 0) is 24.6 Å². The second kappa shape index (κ2) is 5.29. The number of aryl methyl sites for hydroxylation is 1. The first-order valence-electron chi connectivity index (χ1n) is 5.40. The molecule has 1 atom stereocenters. The van der Waals surface area contributed by atoms with Gasteiger partial charge in [0.2, 0.25) is 0 Å². The first-order valence-corrected chi connectivity index (χ1v) is 5.40. The third-order valence-electron chi connectivity index (χ3n) is 2.67. The highest BCUT2D eigenvalue weighted by Gasteiger charge is 2.42. The average molecular weight is 259 g/mol. The second-order valence-corrected chi connectivity index (χ2v) is 4.27. The predicted octanol–water partition coefficient (Wildman–Crippen LogP) is 2.55. The number of rotatable bonds is 4. The van der Waals surface area contributed by atoms with E-state index in [0.717, 1.165) is 5.56 Å². The molecule has 0 heterocycles. The highest BCUT2D eigenvalue weighted by molar-refractivity contribution is 5.81. The highest BCUT2D eigenvalue weighted by atomic mass is 19.4. The number of benzene rings is 1. The van der Waals surface area contributed by atoms with Crippen LogP contribution in [0, 0.1) is 18.3 Å². The second-order valence-electron chi connectivity index (χ2n) is 4.27. The third-order valence-corrected chi connectivity index (χ3v) is 2.67. The molecule has 0 radical (unpaired) electrons. The molecule has 1 aromatic carbocycles. The Balaban J connectivity index is 2.85. The molecule has 0 saturated heterocycles. The van der Waals surface area contributed by atoms with Gasteiger partial charge in [0, 0.05) is 19.3 Å². The lowest BCUT2D eigenvalue weighted by atomic mass is 10.1. The number of nitrogens with two attached hydrogens (primary N) is 1. The minimum Gasteiger partial charge on any atom is -0.387 e. The topological polar surface area (TPSA) is 53.1 Å². The van der Waals surface area contributed by atoms with Crippen LogP contribution >= 0.6 is 0 Å².